The summed E-state index contributed by atoms with van der Waals surface area (Å²) < 4.78 is 5.06. The van der Waals surface area contributed by atoms with Crippen LogP contribution in [-0.2, 0) is 14.3 Å². The number of hydrogen-bond acceptors (Lipinski definition) is 6. The van der Waals surface area contributed by atoms with Crippen molar-refractivity contribution in [2.75, 3.05) is 4.90 Å². The molecule has 6 rings (SSSR count). The molecule has 1 aliphatic carbocycles. The summed E-state index contributed by atoms with van der Waals surface area (Å²) >= 11 is 12.8. The molecule has 2 heterocycles. The van der Waals surface area contributed by atoms with Gasteiger partial charge in [0.15, 0.2) is 17.1 Å². The monoisotopic (exact) mass is 505 g/mol. The van der Waals surface area contributed by atoms with Gasteiger partial charge in [-0.3, -0.25) is 19.2 Å². The fourth-order valence-corrected chi connectivity index (χ4v) is 6.31. The zero-order valence-corrected chi connectivity index (χ0v) is 19.8. The predicted molar refractivity (Wildman–Crippen MR) is 129 cm³/mol. The summed E-state index contributed by atoms with van der Waals surface area (Å²) in [5.41, 5.74) is 0.332. The van der Waals surface area contributed by atoms with Gasteiger partial charge in [0.2, 0.25) is 0 Å². The molecule has 0 radical (unpaired) electrons. The normalized spacial score (nSPS) is 24.2. The van der Waals surface area contributed by atoms with E-state index in [2.05, 4.69) is 0 Å². The van der Waals surface area contributed by atoms with Crippen molar-refractivity contribution in [2.45, 2.75) is 18.5 Å². The van der Waals surface area contributed by atoms with Crippen molar-refractivity contribution in [1.29, 1.82) is 0 Å². The lowest BCUT2D eigenvalue weighted by atomic mass is 9.76. The lowest BCUT2D eigenvalue weighted by Crippen LogP contribution is -2.59. The van der Waals surface area contributed by atoms with Gasteiger partial charge in [-0.1, -0.05) is 77.3 Å². The van der Waals surface area contributed by atoms with E-state index in [4.69, 9.17) is 27.9 Å². The number of cyclic esters (lactones) is 2. The molecular formula is C27H17Cl2NO5. The van der Waals surface area contributed by atoms with E-state index in [0.29, 0.717) is 16.3 Å². The first-order valence-corrected chi connectivity index (χ1v) is 11.8. The summed E-state index contributed by atoms with van der Waals surface area (Å²) in [4.78, 5) is 56.2. The highest BCUT2D eigenvalue weighted by Crippen LogP contribution is 2.60. The number of benzene rings is 3. The van der Waals surface area contributed by atoms with Crippen molar-refractivity contribution >= 4 is 52.4 Å². The number of carbonyl (C=O) groups is 4. The van der Waals surface area contributed by atoms with Crippen LogP contribution in [0.2, 0.25) is 10.0 Å². The van der Waals surface area contributed by atoms with E-state index in [9.17, 15) is 19.2 Å². The lowest BCUT2D eigenvalue weighted by molar-refractivity contribution is -0.154. The van der Waals surface area contributed by atoms with Gasteiger partial charge in [-0.05, 0) is 30.7 Å². The number of nitrogens with zero attached hydrogens (tertiary/aromatic N) is 1. The highest BCUT2D eigenvalue weighted by molar-refractivity contribution is 6.39. The molecule has 0 N–H and O–H groups in total. The molecule has 1 spiro atoms. The number of rotatable bonds is 2. The van der Waals surface area contributed by atoms with Crippen LogP contribution < -0.4 is 4.90 Å². The molecule has 2 saturated heterocycles. The summed E-state index contributed by atoms with van der Waals surface area (Å²) in [6.07, 6.45) is 0. The third-order valence-corrected chi connectivity index (χ3v) is 7.77. The average molecular weight is 506 g/mol. The summed E-state index contributed by atoms with van der Waals surface area (Å²) in [7, 11) is 0. The maximum Gasteiger partial charge on any atom is 0.320 e. The van der Waals surface area contributed by atoms with E-state index in [1.54, 1.807) is 41.3 Å². The maximum absolute atomic E-state index is 14.2. The Balaban J connectivity index is 1.70. The summed E-state index contributed by atoms with van der Waals surface area (Å²) in [5.74, 6) is -5.19. The standard InChI is InChI=1S/C27H17Cl2NO5/c1-13-6-8-14(9-7-13)22-20-21(26(34)35-25(20)33)27(30(22)19-11-10-15(28)12-18(19)29)23(31)16-4-2-3-5-17(16)24(27)32/h2-12,20-22H,1H3/t20-,21-,22-/m0/s1. The number of fused-ring (bicyclic) bond motifs is 3. The number of halogens is 2. The van der Waals surface area contributed by atoms with Crippen LogP contribution in [0.15, 0.2) is 66.7 Å². The number of esters is 2. The molecule has 3 aromatic carbocycles. The van der Waals surface area contributed by atoms with Gasteiger partial charge in [0, 0.05) is 16.1 Å². The van der Waals surface area contributed by atoms with E-state index in [-0.39, 0.29) is 16.1 Å². The first-order valence-electron chi connectivity index (χ1n) is 11.0. The van der Waals surface area contributed by atoms with Crippen molar-refractivity contribution in [2.24, 2.45) is 11.8 Å². The molecule has 35 heavy (non-hydrogen) atoms. The molecular weight excluding hydrogens is 489 g/mol. The van der Waals surface area contributed by atoms with E-state index < -0.39 is 46.9 Å². The minimum absolute atomic E-state index is 0.186. The van der Waals surface area contributed by atoms with Crippen molar-refractivity contribution < 1.29 is 23.9 Å². The van der Waals surface area contributed by atoms with E-state index >= 15 is 0 Å². The van der Waals surface area contributed by atoms with Gasteiger partial charge in [-0.25, -0.2) is 0 Å². The van der Waals surface area contributed by atoms with Gasteiger partial charge in [-0.2, -0.15) is 0 Å². The molecule has 0 unspecified atom stereocenters. The molecule has 0 aromatic heterocycles. The second-order valence-electron chi connectivity index (χ2n) is 9.04. The topological polar surface area (TPSA) is 80.8 Å². The van der Waals surface area contributed by atoms with Crippen molar-refractivity contribution in [3.05, 3.63) is 99.0 Å². The Bertz CT molecular complexity index is 1430. The Hall–Kier alpha value is -3.48. The molecule has 0 amide bonds. The molecule has 3 aromatic rings. The van der Waals surface area contributed by atoms with Crippen molar-refractivity contribution in [1.82, 2.24) is 0 Å². The fourth-order valence-electron chi connectivity index (χ4n) is 5.82. The van der Waals surface area contributed by atoms with E-state index in [1.165, 1.54) is 6.07 Å². The maximum atomic E-state index is 14.2. The van der Waals surface area contributed by atoms with E-state index in [0.717, 1.165) is 5.56 Å². The molecule has 0 bridgehead atoms. The fraction of sp³-hybridized carbons (Fsp3) is 0.185. The van der Waals surface area contributed by atoms with Gasteiger partial charge in [0.05, 0.1) is 22.7 Å². The zero-order valence-electron chi connectivity index (χ0n) is 18.3. The third-order valence-electron chi connectivity index (χ3n) is 7.23. The van der Waals surface area contributed by atoms with Crippen LogP contribution in [-0.4, -0.2) is 29.0 Å². The smallest absolute Gasteiger partial charge is 0.320 e. The third kappa shape index (κ3) is 2.78. The first-order chi connectivity index (χ1) is 16.8. The predicted octanol–water partition coefficient (Wildman–Crippen LogP) is 5.00. The molecule has 6 nitrogen and oxygen atoms in total. The number of carbonyl (C=O) groups excluding carboxylic acids is 4. The van der Waals surface area contributed by atoms with Gasteiger partial charge >= 0.3 is 11.9 Å². The molecule has 2 fully saturated rings. The summed E-state index contributed by atoms with van der Waals surface area (Å²) in [6, 6.07) is 17.6. The average Bonchev–Trinajstić information content (AvgIpc) is 3.39. The number of hydrogen-bond donors (Lipinski definition) is 0. The SMILES string of the molecule is Cc1ccc([C@H]2[C@H]3C(=O)OC(=O)[C@H]3C3(C(=O)c4ccccc4C3=O)N2c2ccc(Cl)cc2Cl)cc1. The van der Waals surface area contributed by atoms with Gasteiger partial charge < -0.3 is 9.64 Å². The number of aryl methyl sites for hydroxylation is 1. The quantitative estimate of drug-likeness (QED) is 0.360. The number of ether oxygens (including phenoxy) is 1. The Morgan fingerprint density at radius 2 is 1.46 bits per heavy atom. The van der Waals surface area contributed by atoms with Crippen LogP contribution in [0.25, 0.3) is 0 Å². The Morgan fingerprint density at radius 1 is 0.829 bits per heavy atom. The van der Waals surface area contributed by atoms with Crippen molar-refractivity contribution in [3.8, 4) is 0 Å². The highest BCUT2D eigenvalue weighted by atomic mass is 35.5. The Labute approximate surface area is 210 Å². The summed E-state index contributed by atoms with van der Waals surface area (Å²) in [6.45, 7) is 1.92. The minimum atomic E-state index is -2.02. The highest BCUT2D eigenvalue weighted by Gasteiger charge is 2.76. The second-order valence-corrected chi connectivity index (χ2v) is 9.88. The molecule has 0 saturated carbocycles. The molecule has 3 atom stereocenters. The van der Waals surface area contributed by atoms with Gasteiger partial charge in [0.1, 0.15) is 5.92 Å². The molecule has 2 aliphatic heterocycles. The molecule has 3 aliphatic rings. The van der Waals surface area contributed by atoms with Gasteiger partial charge in [-0.15, -0.1) is 0 Å². The van der Waals surface area contributed by atoms with Crippen LogP contribution in [0.4, 0.5) is 5.69 Å². The largest absolute Gasteiger partial charge is 0.393 e. The van der Waals surface area contributed by atoms with Crippen LogP contribution in [0.5, 0.6) is 0 Å². The second kappa shape index (κ2) is 7.51. The van der Waals surface area contributed by atoms with Crippen LogP contribution >= 0.6 is 23.2 Å². The Morgan fingerprint density at radius 3 is 2.06 bits per heavy atom. The number of ketones is 2. The van der Waals surface area contributed by atoms with Crippen molar-refractivity contribution in [3.63, 3.8) is 0 Å². The summed E-state index contributed by atoms with van der Waals surface area (Å²) in [5, 5.41) is 0.549. The Kier molecular flexibility index (Phi) is 4.72. The number of anilines is 1. The molecule has 174 valence electrons. The minimum Gasteiger partial charge on any atom is -0.393 e. The van der Waals surface area contributed by atoms with Crippen LogP contribution in [0.3, 0.4) is 0 Å². The van der Waals surface area contributed by atoms with E-state index in [1.807, 2.05) is 31.2 Å². The number of Topliss-reactive ketones (excluding diaryl/α,β-unsaturated/α-hetero) is 2. The van der Waals surface area contributed by atoms with Crippen LogP contribution in [0.1, 0.15) is 37.9 Å². The molecule has 8 heteroatoms. The lowest BCUT2D eigenvalue weighted by Gasteiger charge is -2.40. The van der Waals surface area contributed by atoms with Crippen LogP contribution in [0, 0.1) is 18.8 Å². The zero-order chi connectivity index (χ0) is 24.6. The van der Waals surface area contributed by atoms with Gasteiger partial charge in [0.25, 0.3) is 0 Å². The first kappa shape index (κ1) is 22.0.